The fourth-order valence-electron chi connectivity index (χ4n) is 2.33. The minimum absolute atomic E-state index is 0.404. The Bertz CT molecular complexity index is 392. The van der Waals surface area contributed by atoms with Crippen LogP contribution in [0.2, 0.25) is 0 Å². The van der Waals surface area contributed by atoms with Crippen LogP contribution in [0.15, 0.2) is 24.3 Å². The summed E-state index contributed by atoms with van der Waals surface area (Å²) < 4.78 is 10.7. The Kier molecular flexibility index (Phi) is 9.13. The van der Waals surface area contributed by atoms with E-state index in [4.69, 9.17) is 9.47 Å². The SMILES string of the molecule is CCCN(Cc1ccc(OC)cc1)C[C@@H](O)COCC(C)C. The molecule has 0 aliphatic heterocycles. The lowest BCUT2D eigenvalue weighted by Gasteiger charge is -2.25. The summed E-state index contributed by atoms with van der Waals surface area (Å²) in [5.74, 6) is 1.37. The summed E-state index contributed by atoms with van der Waals surface area (Å²) in [5, 5.41) is 10.1. The predicted octanol–water partition coefficient (Wildman–Crippen LogP) is 2.94. The number of nitrogens with zero attached hydrogens (tertiary/aromatic N) is 1. The molecular formula is C18H31NO3. The highest BCUT2D eigenvalue weighted by atomic mass is 16.5. The lowest BCUT2D eigenvalue weighted by molar-refractivity contribution is 0.00692. The van der Waals surface area contributed by atoms with Crippen LogP contribution in [0.1, 0.15) is 32.8 Å². The molecule has 0 bridgehead atoms. The van der Waals surface area contributed by atoms with Crippen molar-refractivity contribution in [1.29, 1.82) is 0 Å². The largest absolute Gasteiger partial charge is 0.497 e. The molecular weight excluding hydrogens is 278 g/mol. The van der Waals surface area contributed by atoms with Crippen LogP contribution in [0, 0.1) is 5.92 Å². The van der Waals surface area contributed by atoms with Crippen LogP contribution < -0.4 is 4.74 Å². The molecule has 126 valence electrons. The second-order valence-electron chi connectivity index (χ2n) is 6.17. The molecule has 4 heteroatoms. The molecule has 0 aliphatic rings. The average Bonchev–Trinajstić information content (AvgIpc) is 2.48. The lowest BCUT2D eigenvalue weighted by Crippen LogP contribution is -2.35. The molecule has 0 heterocycles. The van der Waals surface area contributed by atoms with E-state index in [0.717, 1.165) is 25.3 Å². The van der Waals surface area contributed by atoms with Crippen LogP contribution >= 0.6 is 0 Å². The Labute approximate surface area is 135 Å². The Morgan fingerprint density at radius 1 is 1.14 bits per heavy atom. The van der Waals surface area contributed by atoms with Crippen molar-refractivity contribution in [2.24, 2.45) is 5.92 Å². The molecule has 1 rings (SSSR count). The highest BCUT2D eigenvalue weighted by molar-refractivity contribution is 5.27. The number of aliphatic hydroxyl groups is 1. The van der Waals surface area contributed by atoms with Crippen molar-refractivity contribution in [1.82, 2.24) is 4.90 Å². The van der Waals surface area contributed by atoms with E-state index in [1.54, 1.807) is 7.11 Å². The molecule has 0 aliphatic carbocycles. The van der Waals surface area contributed by atoms with Gasteiger partial charge in [-0.15, -0.1) is 0 Å². The van der Waals surface area contributed by atoms with Gasteiger partial charge in [0.05, 0.1) is 19.8 Å². The van der Waals surface area contributed by atoms with E-state index in [-0.39, 0.29) is 0 Å². The lowest BCUT2D eigenvalue weighted by atomic mass is 10.2. The molecule has 0 amide bonds. The minimum Gasteiger partial charge on any atom is -0.497 e. The van der Waals surface area contributed by atoms with E-state index in [2.05, 4.69) is 37.8 Å². The van der Waals surface area contributed by atoms with Gasteiger partial charge >= 0.3 is 0 Å². The number of hydrogen-bond acceptors (Lipinski definition) is 4. The molecule has 1 N–H and O–H groups in total. The van der Waals surface area contributed by atoms with Crippen molar-refractivity contribution in [2.75, 3.05) is 33.4 Å². The zero-order chi connectivity index (χ0) is 16.4. The summed E-state index contributed by atoms with van der Waals surface area (Å²) >= 11 is 0. The molecule has 1 atom stereocenters. The normalized spacial score (nSPS) is 12.9. The third kappa shape index (κ3) is 7.78. The Morgan fingerprint density at radius 3 is 2.36 bits per heavy atom. The predicted molar refractivity (Wildman–Crippen MR) is 90.2 cm³/mol. The molecule has 0 radical (unpaired) electrons. The first kappa shape index (κ1) is 18.9. The molecule has 0 fully saturated rings. The number of methoxy groups -OCH3 is 1. The standard InChI is InChI=1S/C18H31NO3/c1-5-10-19(12-17(20)14-22-13-15(2)3)11-16-6-8-18(21-4)9-7-16/h6-9,15,17,20H,5,10-14H2,1-4H3/t17-/m1/s1. The summed E-state index contributed by atoms with van der Waals surface area (Å²) in [6.07, 6.45) is 0.624. The van der Waals surface area contributed by atoms with Gasteiger partial charge in [0.1, 0.15) is 5.75 Å². The smallest absolute Gasteiger partial charge is 0.118 e. The van der Waals surface area contributed by atoms with Crippen LogP contribution in [0.3, 0.4) is 0 Å². The number of ether oxygens (including phenoxy) is 2. The van der Waals surface area contributed by atoms with E-state index in [1.807, 2.05) is 12.1 Å². The van der Waals surface area contributed by atoms with E-state index in [0.29, 0.717) is 25.7 Å². The monoisotopic (exact) mass is 309 g/mol. The van der Waals surface area contributed by atoms with Crippen LogP contribution in [0.4, 0.5) is 0 Å². The van der Waals surface area contributed by atoms with Gasteiger partial charge < -0.3 is 14.6 Å². The van der Waals surface area contributed by atoms with Crippen LogP contribution in [0.5, 0.6) is 5.75 Å². The van der Waals surface area contributed by atoms with Crippen molar-refractivity contribution in [3.8, 4) is 5.75 Å². The van der Waals surface area contributed by atoms with E-state index < -0.39 is 6.10 Å². The third-order valence-corrected chi connectivity index (χ3v) is 3.34. The van der Waals surface area contributed by atoms with Crippen LogP contribution in [0.25, 0.3) is 0 Å². The van der Waals surface area contributed by atoms with Crippen LogP contribution in [-0.2, 0) is 11.3 Å². The van der Waals surface area contributed by atoms with Gasteiger partial charge in [0, 0.05) is 19.7 Å². The third-order valence-electron chi connectivity index (χ3n) is 3.34. The minimum atomic E-state index is -0.441. The maximum atomic E-state index is 10.1. The van der Waals surface area contributed by atoms with E-state index >= 15 is 0 Å². The van der Waals surface area contributed by atoms with Gasteiger partial charge in [0.2, 0.25) is 0 Å². The van der Waals surface area contributed by atoms with Crippen molar-refractivity contribution in [2.45, 2.75) is 39.8 Å². The summed E-state index contributed by atoms with van der Waals surface area (Å²) in [7, 11) is 1.67. The van der Waals surface area contributed by atoms with Gasteiger partial charge in [-0.3, -0.25) is 4.90 Å². The second-order valence-corrected chi connectivity index (χ2v) is 6.17. The van der Waals surface area contributed by atoms with E-state index in [9.17, 15) is 5.11 Å². The van der Waals surface area contributed by atoms with Gasteiger partial charge in [-0.05, 0) is 36.6 Å². The highest BCUT2D eigenvalue weighted by Crippen LogP contribution is 2.13. The van der Waals surface area contributed by atoms with Crippen molar-refractivity contribution >= 4 is 0 Å². The van der Waals surface area contributed by atoms with Crippen molar-refractivity contribution < 1.29 is 14.6 Å². The first-order valence-electron chi connectivity index (χ1n) is 8.16. The molecule has 0 spiro atoms. The Morgan fingerprint density at radius 2 is 1.82 bits per heavy atom. The van der Waals surface area contributed by atoms with Gasteiger partial charge in [-0.1, -0.05) is 32.9 Å². The number of benzene rings is 1. The molecule has 4 nitrogen and oxygen atoms in total. The number of hydrogen-bond donors (Lipinski definition) is 1. The first-order valence-corrected chi connectivity index (χ1v) is 8.16. The summed E-state index contributed by atoms with van der Waals surface area (Å²) in [6, 6.07) is 8.09. The topological polar surface area (TPSA) is 41.9 Å². The zero-order valence-electron chi connectivity index (χ0n) is 14.4. The van der Waals surface area contributed by atoms with Gasteiger partial charge in [0.15, 0.2) is 0 Å². The van der Waals surface area contributed by atoms with Gasteiger partial charge in [0.25, 0.3) is 0 Å². The quantitative estimate of drug-likeness (QED) is 0.682. The molecule has 0 saturated heterocycles. The maximum absolute atomic E-state index is 10.1. The summed E-state index contributed by atoms with van der Waals surface area (Å²) in [5.41, 5.74) is 1.23. The number of rotatable bonds is 11. The van der Waals surface area contributed by atoms with Crippen LogP contribution in [-0.4, -0.2) is 49.5 Å². The van der Waals surface area contributed by atoms with Gasteiger partial charge in [-0.2, -0.15) is 0 Å². The summed E-state index contributed by atoms with van der Waals surface area (Å²) in [6.45, 7) is 9.91. The second kappa shape index (κ2) is 10.6. The fourth-order valence-corrected chi connectivity index (χ4v) is 2.33. The van der Waals surface area contributed by atoms with Crippen molar-refractivity contribution in [3.05, 3.63) is 29.8 Å². The Balaban J connectivity index is 2.45. The highest BCUT2D eigenvalue weighted by Gasteiger charge is 2.12. The maximum Gasteiger partial charge on any atom is 0.118 e. The fraction of sp³-hybridized carbons (Fsp3) is 0.667. The van der Waals surface area contributed by atoms with Crippen molar-refractivity contribution in [3.63, 3.8) is 0 Å². The molecule has 0 unspecified atom stereocenters. The average molecular weight is 309 g/mol. The Hall–Kier alpha value is -1.10. The first-order chi connectivity index (χ1) is 10.5. The summed E-state index contributed by atoms with van der Waals surface area (Å²) in [4.78, 5) is 2.27. The van der Waals surface area contributed by atoms with Gasteiger partial charge in [-0.25, -0.2) is 0 Å². The molecule has 22 heavy (non-hydrogen) atoms. The molecule has 1 aromatic carbocycles. The number of aliphatic hydroxyl groups excluding tert-OH is 1. The molecule has 1 aromatic rings. The van der Waals surface area contributed by atoms with E-state index in [1.165, 1.54) is 5.56 Å². The zero-order valence-corrected chi connectivity index (χ0v) is 14.4. The molecule has 0 aromatic heterocycles. The molecule has 0 saturated carbocycles.